The summed E-state index contributed by atoms with van der Waals surface area (Å²) in [6.45, 7) is 8.73. The summed E-state index contributed by atoms with van der Waals surface area (Å²) in [4.78, 5) is 9.72. The third kappa shape index (κ3) is 3.74. The summed E-state index contributed by atoms with van der Waals surface area (Å²) < 4.78 is 0. The van der Waals surface area contributed by atoms with Gasteiger partial charge in [-0.05, 0) is 37.1 Å². The summed E-state index contributed by atoms with van der Waals surface area (Å²) in [5.41, 5.74) is 1.33. The van der Waals surface area contributed by atoms with E-state index in [9.17, 15) is 0 Å². The zero-order chi connectivity index (χ0) is 14.5. The third-order valence-corrected chi connectivity index (χ3v) is 4.87. The summed E-state index contributed by atoms with van der Waals surface area (Å²) in [5.74, 6) is 1.15. The number of anilines is 1. The summed E-state index contributed by atoms with van der Waals surface area (Å²) in [6.07, 6.45) is 7.63. The SMILES string of the molecule is CCNCc1ccnc(N2CCN(C3CCCC3)CC2)c1. The fourth-order valence-electron chi connectivity index (χ4n) is 3.60. The number of piperazine rings is 1. The maximum Gasteiger partial charge on any atom is 0.128 e. The second-order valence-corrected chi connectivity index (χ2v) is 6.26. The average Bonchev–Trinajstić information content (AvgIpc) is 3.08. The van der Waals surface area contributed by atoms with Crippen molar-refractivity contribution in [3.63, 3.8) is 0 Å². The Bertz CT molecular complexity index is 434. The molecule has 0 amide bonds. The number of nitrogens with zero attached hydrogens (tertiary/aromatic N) is 3. The normalized spacial score (nSPS) is 21.1. The molecule has 1 aromatic heterocycles. The molecule has 0 radical (unpaired) electrons. The maximum absolute atomic E-state index is 4.57. The van der Waals surface area contributed by atoms with Gasteiger partial charge < -0.3 is 10.2 Å². The first-order valence-corrected chi connectivity index (χ1v) is 8.51. The predicted molar refractivity (Wildman–Crippen MR) is 87.7 cm³/mol. The molecule has 21 heavy (non-hydrogen) atoms. The Balaban J connectivity index is 1.56. The van der Waals surface area contributed by atoms with Gasteiger partial charge in [-0.3, -0.25) is 4.90 Å². The lowest BCUT2D eigenvalue weighted by Gasteiger charge is -2.38. The third-order valence-electron chi connectivity index (χ3n) is 4.87. The van der Waals surface area contributed by atoms with Crippen LogP contribution in [0.2, 0.25) is 0 Å². The smallest absolute Gasteiger partial charge is 0.128 e. The Kier molecular flexibility index (Phi) is 5.09. The zero-order valence-electron chi connectivity index (χ0n) is 13.2. The van der Waals surface area contributed by atoms with Gasteiger partial charge in [-0.2, -0.15) is 0 Å². The molecule has 1 aromatic rings. The number of rotatable bonds is 5. The molecule has 3 rings (SSSR count). The standard InChI is InChI=1S/C17H28N4/c1-2-18-14-15-7-8-19-17(13-15)21-11-9-20(10-12-21)16-5-3-4-6-16/h7-8,13,16,18H,2-6,9-12,14H2,1H3. The van der Waals surface area contributed by atoms with Crippen LogP contribution in [0.1, 0.15) is 38.2 Å². The quantitative estimate of drug-likeness (QED) is 0.900. The zero-order valence-corrected chi connectivity index (χ0v) is 13.2. The van der Waals surface area contributed by atoms with Crippen LogP contribution in [0.3, 0.4) is 0 Å². The van der Waals surface area contributed by atoms with E-state index in [1.54, 1.807) is 0 Å². The van der Waals surface area contributed by atoms with E-state index < -0.39 is 0 Å². The Hall–Kier alpha value is -1.13. The maximum atomic E-state index is 4.57. The Morgan fingerprint density at radius 3 is 2.67 bits per heavy atom. The molecule has 1 saturated heterocycles. The second kappa shape index (κ2) is 7.23. The fraction of sp³-hybridized carbons (Fsp3) is 0.706. The molecule has 2 aliphatic rings. The molecule has 1 aliphatic heterocycles. The van der Waals surface area contributed by atoms with Crippen molar-refractivity contribution < 1.29 is 0 Å². The van der Waals surface area contributed by atoms with Crippen LogP contribution >= 0.6 is 0 Å². The van der Waals surface area contributed by atoms with Crippen LogP contribution in [-0.4, -0.2) is 48.6 Å². The van der Waals surface area contributed by atoms with E-state index in [2.05, 4.69) is 39.2 Å². The fourth-order valence-corrected chi connectivity index (χ4v) is 3.60. The van der Waals surface area contributed by atoms with Crippen molar-refractivity contribution in [1.29, 1.82) is 0 Å². The summed E-state index contributed by atoms with van der Waals surface area (Å²) >= 11 is 0. The molecule has 0 atom stereocenters. The van der Waals surface area contributed by atoms with E-state index in [0.717, 1.165) is 38.0 Å². The van der Waals surface area contributed by atoms with E-state index >= 15 is 0 Å². The van der Waals surface area contributed by atoms with Gasteiger partial charge in [0.2, 0.25) is 0 Å². The van der Waals surface area contributed by atoms with Crippen molar-refractivity contribution in [2.45, 2.75) is 45.2 Å². The average molecular weight is 288 g/mol. The monoisotopic (exact) mass is 288 g/mol. The van der Waals surface area contributed by atoms with Crippen LogP contribution in [0.4, 0.5) is 5.82 Å². The molecule has 1 aliphatic carbocycles. The number of nitrogens with one attached hydrogen (secondary N) is 1. The minimum absolute atomic E-state index is 0.861. The molecule has 0 aromatic carbocycles. The molecule has 0 spiro atoms. The van der Waals surface area contributed by atoms with Crippen LogP contribution in [0.5, 0.6) is 0 Å². The Morgan fingerprint density at radius 2 is 1.95 bits per heavy atom. The highest BCUT2D eigenvalue weighted by Crippen LogP contribution is 2.25. The minimum Gasteiger partial charge on any atom is -0.354 e. The molecule has 2 heterocycles. The molecule has 4 heteroatoms. The molecule has 116 valence electrons. The van der Waals surface area contributed by atoms with Crippen molar-refractivity contribution in [1.82, 2.24) is 15.2 Å². The van der Waals surface area contributed by atoms with Crippen LogP contribution in [0.15, 0.2) is 18.3 Å². The van der Waals surface area contributed by atoms with Crippen LogP contribution in [0, 0.1) is 0 Å². The summed E-state index contributed by atoms with van der Waals surface area (Å²) in [7, 11) is 0. The predicted octanol–water partition coefficient (Wildman–Crippen LogP) is 2.26. The molecule has 0 bridgehead atoms. The van der Waals surface area contributed by atoms with E-state index in [0.29, 0.717) is 0 Å². The van der Waals surface area contributed by atoms with Gasteiger partial charge in [-0.15, -0.1) is 0 Å². The first kappa shape index (κ1) is 14.8. The first-order chi connectivity index (χ1) is 10.4. The van der Waals surface area contributed by atoms with Gasteiger partial charge in [0.05, 0.1) is 0 Å². The van der Waals surface area contributed by atoms with Gasteiger partial charge in [0.15, 0.2) is 0 Å². The van der Waals surface area contributed by atoms with Crippen molar-refractivity contribution in [2.75, 3.05) is 37.6 Å². The van der Waals surface area contributed by atoms with Crippen LogP contribution < -0.4 is 10.2 Å². The Labute approximate surface area is 128 Å². The minimum atomic E-state index is 0.861. The molecule has 1 saturated carbocycles. The molecule has 1 N–H and O–H groups in total. The van der Waals surface area contributed by atoms with Crippen LogP contribution in [-0.2, 0) is 6.54 Å². The number of hydrogen-bond acceptors (Lipinski definition) is 4. The molecule has 4 nitrogen and oxygen atoms in total. The van der Waals surface area contributed by atoms with Gasteiger partial charge in [0.1, 0.15) is 5.82 Å². The van der Waals surface area contributed by atoms with E-state index in [4.69, 9.17) is 0 Å². The van der Waals surface area contributed by atoms with Gasteiger partial charge in [-0.25, -0.2) is 4.98 Å². The van der Waals surface area contributed by atoms with Crippen molar-refractivity contribution in [3.8, 4) is 0 Å². The second-order valence-electron chi connectivity index (χ2n) is 6.26. The Morgan fingerprint density at radius 1 is 1.19 bits per heavy atom. The first-order valence-electron chi connectivity index (χ1n) is 8.51. The lowest BCUT2D eigenvalue weighted by Crippen LogP contribution is -2.50. The van der Waals surface area contributed by atoms with Gasteiger partial charge >= 0.3 is 0 Å². The van der Waals surface area contributed by atoms with Gasteiger partial charge in [0.25, 0.3) is 0 Å². The topological polar surface area (TPSA) is 31.4 Å². The highest BCUT2D eigenvalue weighted by Gasteiger charge is 2.26. The lowest BCUT2D eigenvalue weighted by atomic mass is 10.1. The van der Waals surface area contributed by atoms with Crippen LogP contribution in [0.25, 0.3) is 0 Å². The lowest BCUT2D eigenvalue weighted by molar-refractivity contribution is 0.187. The summed E-state index contributed by atoms with van der Waals surface area (Å²) in [6, 6.07) is 5.22. The van der Waals surface area contributed by atoms with E-state index in [-0.39, 0.29) is 0 Å². The largest absolute Gasteiger partial charge is 0.354 e. The number of pyridine rings is 1. The molecular weight excluding hydrogens is 260 g/mol. The summed E-state index contributed by atoms with van der Waals surface area (Å²) in [5, 5.41) is 3.38. The highest BCUT2D eigenvalue weighted by molar-refractivity contribution is 5.41. The molecule has 0 unspecified atom stereocenters. The highest BCUT2D eigenvalue weighted by atomic mass is 15.3. The van der Waals surface area contributed by atoms with Gasteiger partial charge in [-0.1, -0.05) is 19.8 Å². The van der Waals surface area contributed by atoms with Crippen molar-refractivity contribution in [2.24, 2.45) is 0 Å². The number of aromatic nitrogens is 1. The van der Waals surface area contributed by atoms with Crippen molar-refractivity contribution in [3.05, 3.63) is 23.9 Å². The van der Waals surface area contributed by atoms with E-state index in [1.807, 2.05) is 6.20 Å². The molecule has 2 fully saturated rings. The number of hydrogen-bond donors (Lipinski definition) is 1. The molecular formula is C17H28N4. The van der Waals surface area contributed by atoms with Gasteiger partial charge in [0, 0.05) is 45.0 Å². The van der Waals surface area contributed by atoms with Crippen molar-refractivity contribution >= 4 is 5.82 Å². The van der Waals surface area contributed by atoms with E-state index in [1.165, 1.54) is 44.3 Å².